The molecule has 1 heterocycles. The Morgan fingerprint density at radius 3 is 2.46 bits per heavy atom. The van der Waals surface area contributed by atoms with Crippen molar-refractivity contribution in [2.24, 2.45) is 22.5 Å². The zero-order valence-corrected chi connectivity index (χ0v) is 21.2. The number of carbonyl (C=O) groups is 2. The minimum absolute atomic E-state index is 0.0868. The van der Waals surface area contributed by atoms with Crippen LogP contribution in [-0.4, -0.2) is 48.8 Å². The number of sulfone groups is 1. The number of methoxy groups -OCH3 is 1. The van der Waals surface area contributed by atoms with Crippen LogP contribution in [0.3, 0.4) is 0 Å². The van der Waals surface area contributed by atoms with Crippen LogP contribution < -0.4 is 5.73 Å². The maximum atomic E-state index is 14.1. The number of aromatic nitrogens is 1. The molecule has 9 nitrogen and oxygen atoms in total. The van der Waals surface area contributed by atoms with Crippen LogP contribution in [0.1, 0.15) is 30.5 Å². The molecule has 0 bridgehead atoms. The Bertz CT molecular complexity index is 1430. The van der Waals surface area contributed by atoms with Gasteiger partial charge in [0.15, 0.2) is 9.84 Å². The smallest absolute Gasteiger partial charge is 0.417 e. The Kier molecular flexibility index (Phi) is 6.41. The minimum atomic E-state index is -5.04. The van der Waals surface area contributed by atoms with Crippen LogP contribution in [0.25, 0.3) is 10.6 Å². The molecule has 2 saturated carbocycles. The largest absolute Gasteiger partial charge is 0.481 e. The lowest BCUT2D eigenvalue weighted by Gasteiger charge is -2.31. The third-order valence-electron chi connectivity index (χ3n) is 7.42. The van der Waals surface area contributed by atoms with Crippen LogP contribution >= 0.6 is 11.3 Å². The van der Waals surface area contributed by atoms with Gasteiger partial charge in [0, 0.05) is 29.7 Å². The summed E-state index contributed by atoms with van der Waals surface area (Å²) in [5, 5.41) is 20.0. The lowest BCUT2D eigenvalue weighted by molar-refractivity contribution is -0.159. The van der Waals surface area contributed by atoms with Crippen molar-refractivity contribution >= 4 is 33.1 Å². The van der Waals surface area contributed by atoms with Crippen LogP contribution in [-0.2, 0) is 30.3 Å². The van der Waals surface area contributed by atoms with Crippen molar-refractivity contribution in [3.05, 3.63) is 34.8 Å². The van der Waals surface area contributed by atoms with E-state index in [1.807, 2.05) is 0 Å². The Labute approximate surface area is 214 Å². The van der Waals surface area contributed by atoms with Gasteiger partial charge in [-0.3, -0.25) is 9.59 Å². The number of amides is 1. The summed E-state index contributed by atoms with van der Waals surface area (Å²) in [4.78, 5) is 27.6. The third kappa shape index (κ3) is 4.09. The third-order valence-corrected chi connectivity index (χ3v) is 10.6. The van der Waals surface area contributed by atoms with Gasteiger partial charge in [0.2, 0.25) is 5.91 Å². The van der Waals surface area contributed by atoms with Crippen molar-refractivity contribution in [2.45, 2.75) is 48.6 Å². The number of nitrogens with zero attached hydrogens (tertiary/aromatic N) is 2. The van der Waals surface area contributed by atoms with E-state index in [-0.39, 0.29) is 17.0 Å². The summed E-state index contributed by atoms with van der Waals surface area (Å²) >= 11 is 1.11. The highest BCUT2D eigenvalue weighted by molar-refractivity contribution is 7.92. The highest BCUT2D eigenvalue weighted by atomic mass is 32.2. The second-order valence-electron chi connectivity index (χ2n) is 9.38. The van der Waals surface area contributed by atoms with Gasteiger partial charge < -0.3 is 15.6 Å². The van der Waals surface area contributed by atoms with Gasteiger partial charge in [0.1, 0.15) is 15.8 Å². The lowest BCUT2D eigenvalue weighted by Crippen LogP contribution is -2.44. The summed E-state index contributed by atoms with van der Waals surface area (Å²) < 4.78 is 74.8. The fourth-order valence-electron chi connectivity index (χ4n) is 5.46. The van der Waals surface area contributed by atoms with Crippen molar-refractivity contribution < 1.29 is 41.0 Å². The molecule has 198 valence electrons. The van der Waals surface area contributed by atoms with Crippen LogP contribution in [0.5, 0.6) is 0 Å². The molecular formula is C23H22F3N3O6S2. The van der Waals surface area contributed by atoms with Gasteiger partial charge >= 0.3 is 12.1 Å². The number of rotatable bonds is 7. The SMILES string of the molecule is CO[C@H]1C[C@@H](S(=O)(=O)c2ccc(-c3nc(C)cs3)cc2C(F)(F)F)C[C@]1(C(=O)O)C1CC1(C#N)C(N)=O. The highest BCUT2D eigenvalue weighted by Crippen LogP contribution is 2.66. The second kappa shape index (κ2) is 8.78. The summed E-state index contributed by atoms with van der Waals surface area (Å²) in [6.45, 7) is 1.67. The number of nitriles is 1. The molecule has 1 aromatic carbocycles. The predicted octanol–water partition coefficient (Wildman–Crippen LogP) is 3.17. The zero-order chi connectivity index (χ0) is 27.6. The van der Waals surface area contributed by atoms with E-state index in [2.05, 4.69) is 4.98 Å². The van der Waals surface area contributed by atoms with Crippen LogP contribution in [0.2, 0.25) is 0 Å². The molecule has 37 heavy (non-hydrogen) atoms. The number of ether oxygens (including phenoxy) is 1. The summed E-state index contributed by atoms with van der Waals surface area (Å²) in [5.41, 5.74) is 0.807. The van der Waals surface area contributed by atoms with Crippen molar-refractivity contribution in [1.29, 1.82) is 5.26 Å². The first-order valence-electron chi connectivity index (χ1n) is 11.0. The molecule has 1 amide bonds. The van der Waals surface area contributed by atoms with E-state index in [0.717, 1.165) is 24.5 Å². The van der Waals surface area contributed by atoms with Crippen LogP contribution in [0, 0.1) is 35.0 Å². The van der Waals surface area contributed by atoms with Gasteiger partial charge in [-0.1, -0.05) is 6.07 Å². The molecule has 0 radical (unpaired) electrons. The Morgan fingerprint density at radius 2 is 2.00 bits per heavy atom. The molecular weight excluding hydrogens is 535 g/mol. The molecule has 14 heteroatoms. The summed E-state index contributed by atoms with van der Waals surface area (Å²) in [6.07, 6.45) is -7.61. The first-order valence-corrected chi connectivity index (χ1v) is 13.4. The number of halogens is 3. The fourth-order valence-corrected chi connectivity index (χ4v) is 8.27. The van der Waals surface area contributed by atoms with E-state index in [1.165, 1.54) is 6.07 Å². The molecule has 4 rings (SSSR count). The van der Waals surface area contributed by atoms with Gasteiger partial charge in [0.05, 0.1) is 27.9 Å². The molecule has 0 aliphatic heterocycles. The summed E-state index contributed by atoms with van der Waals surface area (Å²) in [5.74, 6) is -3.71. The average molecular weight is 558 g/mol. The number of thiazole rings is 1. The monoisotopic (exact) mass is 557 g/mol. The number of alkyl halides is 3. The maximum Gasteiger partial charge on any atom is 0.417 e. The number of benzene rings is 1. The summed E-state index contributed by atoms with van der Waals surface area (Å²) in [6, 6.07) is 4.54. The first-order chi connectivity index (χ1) is 17.1. The van der Waals surface area contributed by atoms with Gasteiger partial charge in [0.25, 0.3) is 0 Å². The van der Waals surface area contributed by atoms with E-state index >= 15 is 0 Å². The topological polar surface area (TPSA) is 160 Å². The molecule has 2 aromatic rings. The molecule has 0 saturated heterocycles. The van der Waals surface area contributed by atoms with Gasteiger partial charge in [-0.05, 0) is 38.3 Å². The number of nitrogens with two attached hydrogens (primary N) is 1. The molecule has 3 N–H and O–H groups in total. The van der Waals surface area contributed by atoms with Crippen molar-refractivity contribution in [2.75, 3.05) is 7.11 Å². The van der Waals surface area contributed by atoms with E-state index in [1.54, 1.807) is 18.4 Å². The number of aliphatic carboxylic acids is 1. The first kappa shape index (κ1) is 27.0. The molecule has 0 spiro atoms. The van der Waals surface area contributed by atoms with E-state index < -0.39 is 79.3 Å². The lowest BCUT2D eigenvalue weighted by atomic mass is 9.75. The number of hydrogen-bond donors (Lipinski definition) is 2. The quantitative estimate of drug-likeness (QED) is 0.525. The molecule has 2 aliphatic carbocycles. The number of carbonyl (C=O) groups excluding carboxylic acids is 1. The number of hydrogen-bond acceptors (Lipinski definition) is 8. The molecule has 1 aromatic heterocycles. The van der Waals surface area contributed by atoms with Gasteiger partial charge in [-0.15, -0.1) is 11.3 Å². The number of carboxylic acids is 1. The van der Waals surface area contributed by atoms with Crippen molar-refractivity contribution in [3.8, 4) is 16.6 Å². The summed E-state index contributed by atoms with van der Waals surface area (Å²) in [7, 11) is -3.60. The van der Waals surface area contributed by atoms with Crippen molar-refractivity contribution in [1.82, 2.24) is 4.98 Å². The Hall–Kier alpha value is -3.02. The standard InChI is InChI=1S/C23H22F3N3O6S2/c1-11-9-36-18(29-11)12-3-4-15(14(5-12)23(24,25)26)37(33,34)13-6-17(35-2)22(7-13,20(31)32)16-8-21(16,10-27)19(28)30/h3-5,9,13,16-17H,6-8H2,1-2H3,(H2,28,30)(H,31,32)/t13-,16?,17+,21?,22+/m1/s1. The molecule has 2 aliphatic rings. The highest BCUT2D eigenvalue weighted by Gasteiger charge is 2.75. The fraction of sp³-hybridized carbons (Fsp3) is 0.478. The molecule has 2 unspecified atom stereocenters. The van der Waals surface area contributed by atoms with Gasteiger partial charge in [-0.25, -0.2) is 13.4 Å². The second-order valence-corrected chi connectivity index (χ2v) is 12.4. The van der Waals surface area contributed by atoms with Crippen LogP contribution in [0.15, 0.2) is 28.5 Å². The normalized spacial score (nSPS) is 29.6. The van der Waals surface area contributed by atoms with E-state index in [4.69, 9.17) is 10.5 Å². The molecule has 2 fully saturated rings. The maximum absolute atomic E-state index is 14.1. The number of aryl methyl sites for hydroxylation is 1. The number of carboxylic acid groups (broad SMARTS) is 1. The van der Waals surface area contributed by atoms with E-state index in [0.29, 0.717) is 11.8 Å². The van der Waals surface area contributed by atoms with Gasteiger partial charge in [-0.2, -0.15) is 18.4 Å². The Balaban J connectivity index is 1.79. The van der Waals surface area contributed by atoms with Crippen LogP contribution in [0.4, 0.5) is 13.2 Å². The number of primary amides is 1. The predicted molar refractivity (Wildman–Crippen MR) is 124 cm³/mol. The average Bonchev–Trinajstić information content (AvgIpc) is 3.21. The molecule has 5 atom stereocenters. The van der Waals surface area contributed by atoms with Crippen molar-refractivity contribution in [3.63, 3.8) is 0 Å². The Morgan fingerprint density at radius 1 is 1.32 bits per heavy atom. The zero-order valence-electron chi connectivity index (χ0n) is 19.6. The van der Waals surface area contributed by atoms with E-state index in [9.17, 15) is 41.5 Å². The minimum Gasteiger partial charge on any atom is -0.481 e.